The molecule has 0 fully saturated rings. The lowest BCUT2D eigenvalue weighted by Crippen LogP contribution is -2.19. The van der Waals surface area contributed by atoms with Gasteiger partial charge in [-0.1, -0.05) is 37.3 Å². The van der Waals surface area contributed by atoms with Crippen LogP contribution in [0.2, 0.25) is 0 Å². The molecule has 0 radical (unpaired) electrons. The number of nitrogens with one attached hydrogen (secondary N) is 1. The van der Waals surface area contributed by atoms with Crippen molar-refractivity contribution in [3.05, 3.63) is 76.6 Å². The molecule has 0 aliphatic heterocycles. The Bertz CT molecular complexity index is 953. The fourth-order valence-electron chi connectivity index (χ4n) is 3.36. The van der Waals surface area contributed by atoms with E-state index in [1.807, 2.05) is 6.07 Å². The van der Waals surface area contributed by atoms with Crippen LogP contribution in [0.1, 0.15) is 52.3 Å². The molecule has 7 heteroatoms. The summed E-state index contributed by atoms with van der Waals surface area (Å²) in [5, 5.41) is 21.2. The molecule has 0 saturated carbocycles. The van der Waals surface area contributed by atoms with Gasteiger partial charge in [-0.3, -0.25) is 4.98 Å². The van der Waals surface area contributed by atoms with Gasteiger partial charge >= 0.3 is 5.97 Å². The van der Waals surface area contributed by atoms with Crippen LogP contribution in [0.5, 0.6) is 0 Å². The van der Waals surface area contributed by atoms with Gasteiger partial charge in [-0.05, 0) is 37.5 Å². The van der Waals surface area contributed by atoms with Gasteiger partial charge in [0.05, 0.1) is 17.8 Å². The first-order valence-electron chi connectivity index (χ1n) is 9.93. The van der Waals surface area contributed by atoms with Crippen LogP contribution in [0.25, 0.3) is 0 Å². The third-order valence-corrected chi connectivity index (χ3v) is 4.75. The number of aryl methyl sites for hydroxylation is 3. The van der Waals surface area contributed by atoms with E-state index in [0.29, 0.717) is 24.5 Å². The van der Waals surface area contributed by atoms with E-state index in [1.165, 1.54) is 5.56 Å². The zero-order valence-corrected chi connectivity index (χ0v) is 16.9. The molecule has 0 atom stereocenters. The van der Waals surface area contributed by atoms with Gasteiger partial charge in [0.1, 0.15) is 11.6 Å². The van der Waals surface area contributed by atoms with Crippen molar-refractivity contribution in [2.45, 2.75) is 52.7 Å². The minimum Gasteiger partial charge on any atom is -0.478 e. The Morgan fingerprint density at radius 2 is 1.86 bits per heavy atom. The van der Waals surface area contributed by atoms with E-state index >= 15 is 0 Å². The van der Waals surface area contributed by atoms with E-state index in [1.54, 1.807) is 19.1 Å². The highest BCUT2D eigenvalue weighted by Gasteiger charge is 2.11. The number of aromatic carboxylic acids is 1. The van der Waals surface area contributed by atoms with Crippen molar-refractivity contribution >= 4 is 5.97 Å². The van der Waals surface area contributed by atoms with Crippen molar-refractivity contribution in [2.75, 3.05) is 0 Å². The van der Waals surface area contributed by atoms with Gasteiger partial charge in [-0.15, -0.1) is 10.2 Å². The quantitative estimate of drug-likeness (QED) is 0.550. The standard InChI is InChI=1S/C22H27N5O2/c1-3-20-25-26-21(27(20)11-7-10-17-8-5-4-6-9-17)15-23-14-19-13-18(22(28)29)12-16(2)24-19/h4-6,8-9,12-13,23H,3,7,10-11,14-15H2,1-2H3,(H,28,29). The lowest BCUT2D eigenvalue weighted by Gasteiger charge is -2.11. The first-order chi connectivity index (χ1) is 14.1. The maximum absolute atomic E-state index is 11.2. The molecule has 0 aliphatic carbocycles. The zero-order chi connectivity index (χ0) is 20.6. The second-order valence-corrected chi connectivity index (χ2v) is 7.02. The summed E-state index contributed by atoms with van der Waals surface area (Å²) >= 11 is 0. The van der Waals surface area contributed by atoms with Crippen molar-refractivity contribution in [3.63, 3.8) is 0 Å². The molecule has 7 nitrogen and oxygen atoms in total. The van der Waals surface area contributed by atoms with Crippen molar-refractivity contribution in [1.29, 1.82) is 0 Å². The Kier molecular flexibility index (Phi) is 7.08. The van der Waals surface area contributed by atoms with Crippen LogP contribution in [0.4, 0.5) is 0 Å². The van der Waals surface area contributed by atoms with E-state index in [0.717, 1.165) is 37.5 Å². The van der Waals surface area contributed by atoms with Crippen LogP contribution < -0.4 is 5.32 Å². The van der Waals surface area contributed by atoms with Crippen molar-refractivity contribution in [2.24, 2.45) is 0 Å². The van der Waals surface area contributed by atoms with E-state index in [2.05, 4.69) is 56.3 Å². The largest absolute Gasteiger partial charge is 0.478 e. The number of carboxylic acid groups (broad SMARTS) is 1. The Hall–Kier alpha value is -3.06. The summed E-state index contributed by atoms with van der Waals surface area (Å²) in [6.45, 7) is 5.77. The molecule has 2 heterocycles. The van der Waals surface area contributed by atoms with Crippen molar-refractivity contribution in [1.82, 2.24) is 25.1 Å². The molecule has 0 spiro atoms. The molecule has 0 aliphatic rings. The van der Waals surface area contributed by atoms with Crippen LogP contribution in [0.3, 0.4) is 0 Å². The topological polar surface area (TPSA) is 92.9 Å². The normalized spacial score (nSPS) is 11.0. The van der Waals surface area contributed by atoms with Crippen molar-refractivity contribution in [3.8, 4) is 0 Å². The van der Waals surface area contributed by atoms with Crippen LogP contribution in [0, 0.1) is 6.92 Å². The van der Waals surface area contributed by atoms with Gasteiger partial charge in [0.25, 0.3) is 0 Å². The second-order valence-electron chi connectivity index (χ2n) is 7.02. The van der Waals surface area contributed by atoms with Gasteiger partial charge in [0, 0.05) is 25.2 Å². The summed E-state index contributed by atoms with van der Waals surface area (Å²) in [5.74, 6) is 0.931. The predicted octanol–water partition coefficient (Wildman–Crippen LogP) is 3.16. The van der Waals surface area contributed by atoms with Crippen LogP contribution in [-0.2, 0) is 32.5 Å². The summed E-state index contributed by atoms with van der Waals surface area (Å²) in [6.07, 6.45) is 2.86. The highest BCUT2D eigenvalue weighted by atomic mass is 16.4. The van der Waals surface area contributed by atoms with Crippen molar-refractivity contribution < 1.29 is 9.90 Å². The molecule has 1 aromatic carbocycles. The molecule has 2 N–H and O–H groups in total. The van der Waals surface area contributed by atoms with E-state index in [-0.39, 0.29) is 5.56 Å². The molecule has 2 aromatic heterocycles. The van der Waals surface area contributed by atoms with Crippen LogP contribution in [-0.4, -0.2) is 30.8 Å². The molecule has 152 valence electrons. The molecule has 3 rings (SSSR count). The molecule has 0 saturated heterocycles. The first kappa shape index (κ1) is 20.7. The Balaban J connectivity index is 1.59. The minimum absolute atomic E-state index is 0.256. The molecule has 29 heavy (non-hydrogen) atoms. The summed E-state index contributed by atoms with van der Waals surface area (Å²) in [4.78, 5) is 15.6. The number of aromatic nitrogens is 4. The van der Waals surface area contributed by atoms with Gasteiger partial charge in [0.2, 0.25) is 0 Å². The number of benzene rings is 1. The number of hydrogen-bond donors (Lipinski definition) is 2. The average molecular weight is 393 g/mol. The van der Waals surface area contributed by atoms with E-state index in [4.69, 9.17) is 0 Å². The number of carboxylic acids is 1. The lowest BCUT2D eigenvalue weighted by atomic mass is 10.1. The number of pyridine rings is 1. The van der Waals surface area contributed by atoms with Crippen LogP contribution >= 0.6 is 0 Å². The number of hydrogen-bond acceptors (Lipinski definition) is 5. The lowest BCUT2D eigenvalue weighted by molar-refractivity contribution is 0.0696. The van der Waals surface area contributed by atoms with E-state index in [9.17, 15) is 9.90 Å². The summed E-state index contributed by atoms with van der Waals surface area (Å²) in [7, 11) is 0. The molecule has 0 unspecified atom stereocenters. The highest BCUT2D eigenvalue weighted by Crippen LogP contribution is 2.10. The molecule has 3 aromatic rings. The fourth-order valence-corrected chi connectivity index (χ4v) is 3.36. The molecular formula is C22H27N5O2. The van der Waals surface area contributed by atoms with Gasteiger partial charge < -0.3 is 15.0 Å². The Labute approximate surface area is 170 Å². The minimum atomic E-state index is -0.942. The first-order valence-corrected chi connectivity index (χ1v) is 9.93. The monoisotopic (exact) mass is 393 g/mol. The highest BCUT2D eigenvalue weighted by molar-refractivity contribution is 5.87. The Morgan fingerprint density at radius 1 is 1.10 bits per heavy atom. The Morgan fingerprint density at radius 3 is 2.59 bits per heavy atom. The van der Waals surface area contributed by atoms with Gasteiger partial charge in [-0.25, -0.2) is 4.79 Å². The van der Waals surface area contributed by atoms with E-state index < -0.39 is 5.97 Å². The summed E-state index contributed by atoms with van der Waals surface area (Å²) in [5.41, 5.74) is 2.98. The number of nitrogens with zero attached hydrogens (tertiary/aromatic N) is 4. The average Bonchev–Trinajstić information content (AvgIpc) is 3.10. The third kappa shape index (κ3) is 5.71. The van der Waals surface area contributed by atoms with Gasteiger partial charge in [0.15, 0.2) is 0 Å². The maximum atomic E-state index is 11.2. The summed E-state index contributed by atoms with van der Waals surface area (Å²) < 4.78 is 2.18. The fraction of sp³-hybridized carbons (Fsp3) is 0.364. The number of carbonyl (C=O) groups is 1. The molecule has 0 bridgehead atoms. The second kappa shape index (κ2) is 9.93. The smallest absolute Gasteiger partial charge is 0.335 e. The zero-order valence-electron chi connectivity index (χ0n) is 16.9. The van der Waals surface area contributed by atoms with Crippen LogP contribution in [0.15, 0.2) is 42.5 Å². The SMILES string of the molecule is CCc1nnc(CNCc2cc(C(=O)O)cc(C)n2)n1CCCc1ccccc1. The predicted molar refractivity (Wildman–Crippen MR) is 111 cm³/mol. The van der Waals surface area contributed by atoms with Gasteiger partial charge in [-0.2, -0.15) is 0 Å². The molecule has 0 amide bonds. The number of rotatable bonds is 10. The molecular weight excluding hydrogens is 366 g/mol. The third-order valence-electron chi connectivity index (χ3n) is 4.75. The summed E-state index contributed by atoms with van der Waals surface area (Å²) in [6, 6.07) is 13.6. The maximum Gasteiger partial charge on any atom is 0.335 e.